The fourth-order valence-corrected chi connectivity index (χ4v) is 2.52. The van der Waals surface area contributed by atoms with Gasteiger partial charge in [-0.2, -0.15) is 26.7 Å². The molecule has 0 spiro atoms. The molecule has 2 rings (SSSR count). The number of ether oxygens (including phenoxy) is 1. The van der Waals surface area contributed by atoms with E-state index in [4.69, 9.17) is 4.74 Å². The van der Waals surface area contributed by atoms with E-state index in [1.54, 1.807) is 0 Å². The van der Waals surface area contributed by atoms with E-state index in [9.17, 15) is 0 Å². The quantitative estimate of drug-likeness (QED) is 0.696. The molecule has 2 N–H and O–H groups in total. The van der Waals surface area contributed by atoms with Crippen LogP contribution in [0.5, 0.6) is 0 Å². The van der Waals surface area contributed by atoms with Gasteiger partial charge in [-0.25, -0.2) is 0 Å². The molecule has 2 heterocycles. The molecule has 0 amide bonds. The van der Waals surface area contributed by atoms with Gasteiger partial charge in [0.2, 0.25) is 17.8 Å². The van der Waals surface area contributed by atoms with Gasteiger partial charge in [-0.15, -0.1) is 0 Å². The summed E-state index contributed by atoms with van der Waals surface area (Å²) in [6.45, 7) is 3.97. The third-order valence-corrected chi connectivity index (χ3v) is 3.90. The van der Waals surface area contributed by atoms with Crippen molar-refractivity contribution in [2.24, 2.45) is 0 Å². The molecule has 0 aliphatic carbocycles. The Morgan fingerprint density at radius 2 is 1.90 bits per heavy atom. The molecule has 21 heavy (non-hydrogen) atoms. The average molecular weight is 312 g/mol. The van der Waals surface area contributed by atoms with E-state index in [1.165, 1.54) is 12.2 Å². The van der Waals surface area contributed by atoms with Crippen LogP contribution >= 0.6 is 11.8 Å². The van der Waals surface area contributed by atoms with Crippen molar-refractivity contribution in [3.63, 3.8) is 0 Å². The lowest BCUT2D eigenvalue weighted by molar-refractivity contribution is 0.122. The van der Waals surface area contributed by atoms with E-state index < -0.39 is 0 Å². The number of morpholine rings is 1. The minimum absolute atomic E-state index is 0.595. The second-order valence-electron chi connectivity index (χ2n) is 4.76. The van der Waals surface area contributed by atoms with Gasteiger partial charge in [-0.1, -0.05) is 0 Å². The maximum absolute atomic E-state index is 5.36. The molecule has 1 aromatic rings. The van der Waals surface area contributed by atoms with Crippen molar-refractivity contribution in [2.75, 3.05) is 67.4 Å². The zero-order valence-electron chi connectivity index (χ0n) is 12.8. The monoisotopic (exact) mass is 312 g/mol. The zero-order valence-corrected chi connectivity index (χ0v) is 13.6. The third-order valence-electron chi connectivity index (χ3n) is 3.20. The molecule has 0 saturated carbocycles. The molecular weight excluding hydrogens is 288 g/mol. The Hall–Kier alpha value is -1.28. The molecule has 0 bridgehead atoms. The van der Waals surface area contributed by atoms with Crippen molar-refractivity contribution >= 4 is 29.6 Å². The van der Waals surface area contributed by atoms with Crippen LogP contribution in [0.1, 0.15) is 12.8 Å². The third kappa shape index (κ3) is 5.20. The number of hydrogen-bond donors (Lipinski definition) is 2. The number of nitrogens with zero attached hydrogens (tertiary/aromatic N) is 4. The highest BCUT2D eigenvalue weighted by atomic mass is 32.2. The van der Waals surface area contributed by atoms with Gasteiger partial charge in [0.15, 0.2) is 0 Å². The summed E-state index contributed by atoms with van der Waals surface area (Å²) >= 11 is 1.88. The highest BCUT2D eigenvalue weighted by Crippen LogP contribution is 2.14. The van der Waals surface area contributed by atoms with Crippen LogP contribution in [0.25, 0.3) is 0 Å². The number of aromatic nitrogens is 3. The van der Waals surface area contributed by atoms with Crippen molar-refractivity contribution in [3.05, 3.63) is 0 Å². The minimum atomic E-state index is 0.595. The molecule has 8 heteroatoms. The van der Waals surface area contributed by atoms with Crippen LogP contribution in [0.3, 0.4) is 0 Å². The van der Waals surface area contributed by atoms with Crippen LogP contribution in [0.2, 0.25) is 0 Å². The first-order chi connectivity index (χ1) is 10.3. The van der Waals surface area contributed by atoms with Crippen LogP contribution in [-0.2, 0) is 4.74 Å². The summed E-state index contributed by atoms with van der Waals surface area (Å²) in [7, 11) is 1.82. The lowest BCUT2D eigenvalue weighted by atomic mass is 10.3. The van der Waals surface area contributed by atoms with Crippen molar-refractivity contribution in [1.29, 1.82) is 0 Å². The Kier molecular flexibility index (Phi) is 6.81. The molecule has 7 nitrogen and oxygen atoms in total. The smallest absolute Gasteiger partial charge is 0.232 e. The first kappa shape index (κ1) is 16.1. The second-order valence-corrected chi connectivity index (χ2v) is 5.74. The summed E-state index contributed by atoms with van der Waals surface area (Å²) < 4.78 is 5.36. The number of unbranched alkanes of at least 4 members (excludes halogenated alkanes) is 1. The maximum Gasteiger partial charge on any atom is 0.232 e. The summed E-state index contributed by atoms with van der Waals surface area (Å²) in [4.78, 5) is 15.4. The number of hydrogen-bond acceptors (Lipinski definition) is 8. The normalized spacial score (nSPS) is 15.0. The standard InChI is InChI=1S/C13H24N6OS/c1-14-11-16-12(15-5-3-4-10-21-2)18-13(17-11)19-6-8-20-9-7-19/h3-10H2,1-2H3,(H2,14,15,16,17,18). The number of rotatable bonds is 8. The molecule has 1 saturated heterocycles. The highest BCUT2D eigenvalue weighted by molar-refractivity contribution is 7.98. The number of anilines is 3. The first-order valence-electron chi connectivity index (χ1n) is 7.33. The van der Waals surface area contributed by atoms with Gasteiger partial charge in [-0.3, -0.25) is 0 Å². The molecule has 1 fully saturated rings. The van der Waals surface area contributed by atoms with Crippen molar-refractivity contribution in [2.45, 2.75) is 12.8 Å². The van der Waals surface area contributed by atoms with E-state index in [1.807, 2.05) is 18.8 Å². The molecule has 0 atom stereocenters. The van der Waals surface area contributed by atoms with Gasteiger partial charge in [0.05, 0.1) is 13.2 Å². The fourth-order valence-electron chi connectivity index (χ4n) is 2.03. The Balaban J connectivity index is 1.96. The highest BCUT2D eigenvalue weighted by Gasteiger charge is 2.16. The average Bonchev–Trinajstić information content (AvgIpc) is 2.55. The Morgan fingerprint density at radius 1 is 1.14 bits per heavy atom. The lowest BCUT2D eigenvalue weighted by Crippen LogP contribution is -2.37. The van der Waals surface area contributed by atoms with Crippen LogP contribution in [0.15, 0.2) is 0 Å². The second kappa shape index (κ2) is 8.89. The Morgan fingerprint density at radius 3 is 2.62 bits per heavy atom. The van der Waals surface area contributed by atoms with Gasteiger partial charge >= 0.3 is 0 Å². The Labute approximate surface area is 130 Å². The summed E-state index contributed by atoms with van der Waals surface area (Å²) in [5.41, 5.74) is 0. The molecule has 1 aromatic heterocycles. The van der Waals surface area contributed by atoms with Gasteiger partial charge in [0, 0.05) is 26.7 Å². The predicted octanol–water partition coefficient (Wildman–Crippen LogP) is 1.30. The van der Waals surface area contributed by atoms with Gasteiger partial charge in [-0.05, 0) is 24.9 Å². The fraction of sp³-hybridized carbons (Fsp3) is 0.769. The molecule has 118 valence electrons. The van der Waals surface area contributed by atoms with E-state index >= 15 is 0 Å². The summed E-state index contributed by atoms with van der Waals surface area (Å²) in [6, 6.07) is 0. The Bertz CT molecular complexity index is 427. The van der Waals surface area contributed by atoms with Gasteiger partial charge < -0.3 is 20.3 Å². The largest absolute Gasteiger partial charge is 0.378 e. The predicted molar refractivity (Wildman–Crippen MR) is 88.5 cm³/mol. The van der Waals surface area contributed by atoms with Crippen LogP contribution in [-0.4, -0.2) is 66.9 Å². The number of nitrogens with one attached hydrogen (secondary N) is 2. The minimum Gasteiger partial charge on any atom is -0.378 e. The summed E-state index contributed by atoms with van der Waals surface area (Å²) in [6.07, 6.45) is 4.45. The van der Waals surface area contributed by atoms with Crippen LogP contribution in [0, 0.1) is 0 Å². The van der Waals surface area contributed by atoms with E-state index in [0.717, 1.165) is 39.3 Å². The van der Waals surface area contributed by atoms with E-state index in [0.29, 0.717) is 17.8 Å². The van der Waals surface area contributed by atoms with E-state index in [-0.39, 0.29) is 0 Å². The maximum atomic E-state index is 5.36. The van der Waals surface area contributed by atoms with E-state index in [2.05, 4.69) is 36.7 Å². The summed E-state index contributed by atoms with van der Waals surface area (Å²) in [5.74, 6) is 3.14. The molecule has 0 aromatic carbocycles. The molecule has 1 aliphatic rings. The van der Waals surface area contributed by atoms with Crippen molar-refractivity contribution in [3.8, 4) is 0 Å². The van der Waals surface area contributed by atoms with Crippen molar-refractivity contribution < 1.29 is 4.74 Å². The van der Waals surface area contributed by atoms with Crippen molar-refractivity contribution in [1.82, 2.24) is 15.0 Å². The SMILES string of the molecule is CNc1nc(NCCCCSC)nc(N2CCOCC2)n1. The van der Waals surface area contributed by atoms with Crippen LogP contribution in [0.4, 0.5) is 17.8 Å². The topological polar surface area (TPSA) is 75.2 Å². The summed E-state index contributed by atoms with van der Waals surface area (Å²) in [5, 5.41) is 6.28. The van der Waals surface area contributed by atoms with Gasteiger partial charge in [0.25, 0.3) is 0 Å². The number of thioether (sulfide) groups is 1. The molecular formula is C13H24N6OS. The van der Waals surface area contributed by atoms with Crippen LogP contribution < -0.4 is 15.5 Å². The lowest BCUT2D eigenvalue weighted by Gasteiger charge is -2.27. The first-order valence-corrected chi connectivity index (χ1v) is 8.72. The molecule has 1 aliphatic heterocycles. The molecule has 0 unspecified atom stereocenters. The zero-order chi connectivity index (χ0) is 14.9. The molecule has 0 radical (unpaired) electrons. The van der Waals surface area contributed by atoms with Gasteiger partial charge in [0.1, 0.15) is 0 Å².